The number of carboxylic acid groups (broad SMARTS) is 3. The second-order valence-electron chi connectivity index (χ2n) is 2.67. The van der Waals surface area contributed by atoms with Crippen LogP contribution in [0, 0.1) is 0 Å². The predicted octanol–water partition coefficient (Wildman–Crippen LogP) is -1.48. The first-order valence-corrected chi connectivity index (χ1v) is 4.22. The number of aliphatic hydroxyl groups excluding tert-OH is 1. The van der Waals surface area contributed by atoms with Gasteiger partial charge in [0, 0.05) is 6.20 Å². The van der Waals surface area contributed by atoms with Crippen LogP contribution < -0.4 is 5.73 Å². The summed E-state index contributed by atoms with van der Waals surface area (Å²) < 4.78 is 0. The summed E-state index contributed by atoms with van der Waals surface area (Å²) in [4.78, 5) is 31.2. The Balaban J connectivity index is 0. The van der Waals surface area contributed by atoms with Crippen molar-refractivity contribution in [3.05, 3.63) is 12.5 Å². The van der Waals surface area contributed by atoms with E-state index in [0.717, 1.165) is 17.4 Å². The van der Waals surface area contributed by atoms with Crippen molar-refractivity contribution in [3.8, 4) is 0 Å². The first-order valence-electron chi connectivity index (χ1n) is 4.22. The third-order valence-corrected chi connectivity index (χ3v) is 1.16. The number of rotatable bonds is 6. The predicted molar refractivity (Wildman–Crippen MR) is 55.3 cm³/mol. The summed E-state index contributed by atoms with van der Waals surface area (Å²) in [5, 5.41) is 32.4. The molecule has 0 aliphatic rings. The number of aliphatic hydroxyl groups is 1. The second-order valence-corrected chi connectivity index (χ2v) is 2.67. The van der Waals surface area contributed by atoms with Gasteiger partial charge in [-0.05, 0) is 0 Å². The summed E-state index contributed by atoms with van der Waals surface area (Å²) in [6.07, 6.45) is 1.83. The molecular formula is C8H14N2O7. The van der Waals surface area contributed by atoms with Crippen molar-refractivity contribution in [2.45, 2.75) is 0 Å². The monoisotopic (exact) mass is 250 g/mol. The molecule has 0 saturated carbocycles. The first kappa shape index (κ1) is 17.1. The van der Waals surface area contributed by atoms with Gasteiger partial charge in [0.25, 0.3) is 0 Å². The lowest BCUT2D eigenvalue weighted by atomic mass is 10.4. The quantitative estimate of drug-likeness (QED) is 0.354. The fraction of sp³-hybridized carbons (Fsp3) is 0.375. The Bertz CT molecular complexity index is 248. The number of carboxylic acids is 3. The van der Waals surface area contributed by atoms with Crippen LogP contribution in [0.25, 0.3) is 0 Å². The zero-order valence-electron chi connectivity index (χ0n) is 8.81. The zero-order valence-corrected chi connectivity index (χ0v) is 8.81. The lowest BCUT2D eigenvalue weighted by Gasteiger charge is -2.14. The molecule has 0 amide bonds. The molecular weight excluding hydrogens is 236 g/mol. The molecule has 0 aromatic heterocycles. The van der Waals surface area contributed by atoms with Crippen molar-refractivity contribution in [1.29, 1.82) is 0 Å². The van der Waals surface area contributed by atoms with Crippen LogP contribution >= 0.6 is 0 Å². The van der Waals surface area contributed by atoms with Gasteiger partial charge in [-0.25, -0.2) is 0 Å². The molecule has 0 unspecified atom stereocenters. The highest BCUT2D eigenvalue weighted by molar-refractivity contribution is 5.75. The molecule has 0 heterocycles. The number of carbonyl (C=O) groups is 3. The largest absolute Gasteiger partial charge is 0.514 e. The molecule has 0 fully saturated rings. The minimum Gasteiger partial charge on any atom is -0.514 e. The number of nitrogens with zero attached hydrogens (tertiary/aromatic N) is 1. The van der Waals surface area contributed by atoms with Gasteiger partial charge in [-0.1, -0.05) is 0 Å². The van der Waals surface area contributed by atoms with E-state index in [1.807, 2.05) is 0 Å². The third kappa shape index (κ3) is 16.4. The molecule has 0 rings (SSSR count). The van der Waals surface area contributed by atoms with E-state index in [-0.39, 0.29) is 0 Å². The van der Waals surface area contributed by atoms with E-state index < -0.39 is 37.5 Å². The Hall–Kier alpha value is -2.29. The maximum absolute atomic E-state index is 10.1. The molecule has 0 spiro atoms. The average Bonchev–Trinajstić information content (AvgIpc) is 2.14. The highest BCUT2D eigenvalue weighted by atomic mass is 16.4. The van der Waals surface area contributed by atoms with Gasteiger partial charge >= 0.3 is 17.9 Å². The molecule has 6 N–H and O–H groups in total. The molecule has 17 heavy (non-hydrogen) atoms. The van der Waals surface area contributed by atoms with Gasteiger partial charge in [0.2, 0.25) is 0 Å². The second kappa shape index (κ2) is 10.2. The highest BCUT2D eigenvalue weighted by Gasteiger charge is 2.15. The lowest BCUT2D eigenvalue weighted by molar-refractivity contribution is -0.144. The van der Waals surface area contributed by atoms with Crippen molar-refractivity contribution in [2.75, 3.05) is 19.6 Å². The van der Waals surface area contributed by atoms with Gasteiger partial charge in [0.1, 0.15) is 0 Å². The maximum Gasteiger partial charge on any atom is 0.317 e. The lowest BCUT2D eigenvalue weighted by Crippen LogP contribution is -2.38. The molecule has 0 bridgehead atoms. The number of hydrogen-bond donors (Lipinski definition) is 5. The van der Waals surface area contributed by atoms with Gasteiger partial charge < -0.3 is 26.2 Å². The fourth-order valence-electron chi connectivity index (χ4n) is 0.742. The number of nitrogens with two attached hydrogens (primary N) is 1. The van der Waals surface area contributed by atoms with E-state index in [0.29, 0.717) is 0 Å². The summed E-state index contributed by atoms with van der Waals surface area (Å²) in [6, 6.07) is 0. The molecule has 0 radical (unpaired) electrons. The summed E-state index contributed by atoms with van der Waals surface area (Å²) in [5.74, 6) is -3.78. The summed E-state index contributed by atoms with van der Waals surface area (Å²) in [5.41, 5.74) is 4.60. The molecule has 0 aliphatic heterocycles. The fourth-order valence-corrected chi connectivity index (χ4v) is 0.742. The Morgan fingerprint density at radius 3 is 1.29 bits per heavy atom. The SMILES string of the molecule is NC=CO.O=C(O)CN(CC(=O)O)CC(=O)O. The topological polar surface area (TPSA) is 161 Å². The normalized spacial score (nSPS) is 9.71. The molecule has 0 aromatic rings. The molecule has 0 saturated heterocycles. The van der Waals surface area contributed by atoms with Crippen LogP contribution in [-0.2, 0) is 14.4 Å². The minimum absolute atomic E-state index is 0.599. The van der Waals surface area contributed by atoms with E-state index in [9.17, 15) is 14.4 Å². The van der Waals surface area contributed by atoms with Gasteiger partial charge in [-0.15, -0.1) is 0 Å². The Morgan fingerprint density at radius 1 is 0.941 bits per heavy atom. The van der Waals surface area contributed by atoms with Crippen molar-refractivity contribution in [1.82, 2.24) is 4.90 Å². The minimum atomic E-state index is -1.26. The van der Waals surface area contributed by atoms with E-state index >= 15 is 0 Å². The summed E-state index contributed by atoms with van der Waals surface area (Å²) in [6.45, 7) is -1.80. The van der Waals surface area contributed by atoms with Crippen LogP contribution in [0.4, 0.5) is 0 Å². The van der Waals surface area contributed by atoms with Gasteiger partial charge in [-0.2, -0.15) is 0 Å². The maximum atomic E-state index is 10.1. The van der Waals surface area contributed by atoms with Crippen molar-refractivity contribution < 1.29 is 34.8 Å². The molecule has 0 atom stereocenters. The van der Waals surface area contributed by atoms with E-state index in [1.165, 1.54) is 0 Å². The van der Waals surface area contributed by atoms with Crippen molar-refractivity contribution in [3.63, 3.8) is 0 Å². The zero-order chi connectivity index (χ0) is 13.8. The average molecular weight is 250 g/mol. The van der Waals surface area contributed by atoms with E-state index in [1.54, 1.807) is 0 Å². The third-order valence-electron chi connectivity index (χ3n) is 1.16. The van der Waals surface area contributed by atoms with E-state index in [2.05, 4.69) is 5.73 Å². The van der Waals surface area contributed by atoms with Gasteiger partial charge in [0.15, 0.2) is 0 Å². The van der Waals surface area contributed by atoms with Crippen LogP contribution in [0.1, 0.15) is 0 Å². The van der Waals surface area contributed by atoms with Crippen LogP contribution in [0.5, 0.6) is 0 Å². The van der Waals surface area contributed by atoms with Crippen LogP contribution in [0.3, 0.4) is 0 Å². The van der Waals surface area contributed by atoms with E-state index in [4.69, 9.17) is 20.4 Å². The standard InChI is InChI=1S/C6H9NO6.C2H5NO/c8-4(9)1-7(2-5(10)11)3-6(12)13;3-1-2-4/h1-3H2,(H,8,9)(H,10,11)(H,12,13);1-2,4H,3H2. The summed E-state index contributed by atoms with van der Waals surface area (Å²) in [7, 11) is 0. The molecule has 0 aliphatic carbocycles. The molecule has 9 heteroatoms. The molecule has 0 aromatic carbocycles. The first-order chi connectivity index (χ1) is 7.83. The number of aliphatic carboxylic acids is 3. The highest BCUT2D eigenvalue weighted by Crippen LogP contribution is 1.87. The molecule has 98 valence electrons. The Labute approximate surface area is 96.4 Å². The van der Waals surface area contributed by atoms with Gasteiger partial charge in [0.05, 0.1) is 25.9 Å². The molecule has 9 nitrogen and oxygen atoms in total. The Kier molecular flexibility index (Phi) is 10.3. The Morgan fingerprint density at radius 2 is 1.18 bits per heavy atom. The van der Waals surface area contributed by atoms with Crippen LogP contribution in [0.15, 0.2) is 12.5 Å². The summed E-state index contributed by atoms with van der Waals surface area (Å²) >= 11 is 0. The smallest absolute Gasteiger partial charge is 0.317 e. The van der Waals surface area contributed by atoms with Crippen LogP contribution in [0.2, 0.25) is 0 Å². The number of hydrogen-bond acceptors (Lipinski definition) is 6. The van der Waals surface area contributed by atoms with Gasteiger partial charge in [-0.3, -0.25) is 19.3 Å². The van der Waals surface area contributed by atoms with Crippen molar-refractivity contribution in [2.24, 2.45) is 5.73 Å². The van der Waals surface area contributed by atoms with Crippen LogP contribution in [-0.4, -0.2) is 62.9 Å². The van der Waals surface area contributed by atoms with Crippen molar-refractivity contribution >= 4 is 17.9 Å².